The molecule has 2 aliphatic heterocycles. The van der Waals surface area contributed by atoms with E-state index in [-0.39, 0.29) is 11.1 Å². The van der Waals surface area contributed by atoms with Gasteiger partial charge in [-0.1, -0.05) is 43.2 Å². The smallest absolute Gasteiger partial charge is 0.348 e. The summed E-state index contributed by atoms with van der Waals surface area (Å²) < 4.78 is 22.4. The Morgan fingerprint density at radius 3 is 1.97 bits per heavy atom. The maximum absolute atomic E-state index is 12.8. The average Bonchev–Trinajstić information content (AvgIpc) is 2.88. The molecule has 0 bridgehead atoms. The number of allylic oxidation sites excluding steroid dienone is 8. The number of hydrogen-bond donors (Lipinski definition) is 1. The van der Waals surface area contributed by atoms with Crippen LogP contribution in [0.1, 0.15) is 77.0 Å². The highest BCUT2D eigenvalue weighted by molar-refractivity contribution is 6.15. The molecule has 196 valence electrons. The van der Waals surface area contributed by atoms with Crippen molar-refractivity contribution in [3.05, 3.63) is 70.8 Å². The minimum Gasteiger partial charge on any atom is -0.480 e. The number of ether oxygens (including phenoxy) is 4. The lowest BCUT2D eigenvalue weighted by molar-refractivity contribution is -0.249. The third-order valence-electron chi connectivity index (χ3n) is 7.48. The van der Waals surface area contributed by atoms with Crippen molar-refractivity contribution in [1.82, 2.24) is 0 Å². The summed E-state index contributed by atoms with van der Waals surface area (Å²) in [5.74, 6) is -4.73. The van der Waals surface area contributed by atoms with Crippen molar-refractivity contribution in [3.8, 4) is 0 Å². The summed E-state index contributed by atoms with van der Waals surface area (Å²) in [7, 11) is 0. The fourth-order valence-electron chi connectivity index (χ4n) is 5.44. The van der Waals surface area contributed by atoms with Gasteiger partial charge < -0.3 is 24.1 Å². The molecule has 5 rings (SSSR count). The SMILES string of the molecule is O=C1OC2(CCCCC2)OC(=O)C1=C/C=C(/C=C/C1=C(O)OC2(CCCCC2)OC1=O)C1=CC=CCC1. The fraction of sp³-hybridized carbons (Fsp3) is 0.483. The summed E-state index contributed by atoms with van der Waals surface area (Å²) in [6, 6.07) is 0. The highest BCUT2D eigenvalue weighted by atomic mass is 16.8. The van der Waals surface area contributed by atoms with Gasteiger partial charge in [0.15, 0.2) is 0 Å². The number of carbonyl (C=O) groups excluding carboxylic acids is 3. The highest BCUT2D eigenvalue weighted by Crippen LogP contribution is 2.39. The second-order valence-electron chi connectivity index (χ2n) is 10.1. The van der Waals surface area contributed by atoms with Crippen LogP contribution >= 0.6 is 0 Å². The molecular weight excluding hydrogens is 476 g/mol. The Balaban J connectivity index is 1.40. The molecule has 8 nitrogen and oxygen atoms in total. The number of hydrogen-bond acceptors (Lipinski definition) is 8. The molecule has 37 heavy (non-hydrogen) atoms. The second-order valence-corrected chi connectivity index (χ2v) is 10.1. The van der Waals surface area contributed by atoms with Gasteiger partial charge in [0.1, 0.15) is 11.1 Å². The van der Waals surface area contributed by atoms with Gasteiger partial charge in [-0.15, -0.1) is 0 Å². The number of rotatable bonds is 4. The summed E-state index contributed by atoms with van der Waals surface area (Å²) in [4.78, 5) is 38.2. The van der Waals surface area contributed by atoms with Gasteiger partial charge in [-0.05, 0) is 61.8 Å². The minimum atomic E-state index is -1.14. The quantitative estimate of drug-likeness (QED) is 0.232. The zero-order valence-corrected chi connectivity index (χ0v) is 20.8. The van der Waals surface area contributed by atoms with Gasteiger partial charge >= 0.3 is 17.9 Å². The van der Waals surface area contributed by atoms with Crippen molar-refractivity contribution in [1.29, 1.82) is 0 Å². The Morgan fingerprint density at radius 2 is 1.41 bits per heavy atom. The van der Waals surface area contributed by atoms with E-state index in [2.05, 4.69) is 0 Å². The molecule has 0 aromatic heterocycles. The van der Waals surface area contributed by atoms with Gasteiger partial charge in [0.25, 0.3) is 17.5 Å². The monoisotopic (exact) mass is 508 g/mol. The van der Waals surface area contributed by atoms with Crippen molar-refractivity contribution in [2.24, 2.45) is 0 Å². The summed E-state index contributed by atoms with van der Waals surface area (Å²) >= 11 is 0. The third-order valence-corrected chi connectivity index (χ3v) is 7.48. The van der Waals surface area contributed by atoms with Crippen LogP contribution in [0.15, 0.2) is 70.8 Å². The molecule has 5 aliphatic rings. The van der Waals surface area contributed by atoms with E-state index in [9.17, 15) is 19.5 Å². The summed E-state index contributed by atoms with van der Waals surface area (Å²) in [6.45, 7) is 0. The van der Waals surface area contributed by atoms with Crippen LogP contribution in [0.2, 0.25) is 0 Å². The van der Waals surface area contributed by atoms with Crippen LogP contribution in [0.25, 0.3) is 0 Å². The van der Waals surface area contributed by atoms with Crippen LogP contribution in [0, 0.1) is 0 Å². The molecule has 3 aliphatic carbocycles. The Labute approximate surface area is 216 Å². The van der Waals surface area contributed by atoms with Crippen LogP contribution in [-0.4, -0.2) is 34.6 Å². The minimum absolute atomic E-state index is 0.0857. The first kappa shape index (κ1) is 25.1. The van der Waals surface area contributed by atoms with Crippen molar-refractivity contribution < 1.29 is 38.4 Å². The lowest BCUT2D eigenvalue weighted by Crippen LogP contribution is -2.47. The Hall–Kier alpha value is -3.55. The van der Waals surface area contributed by atoms with Crippen molar-refractivity contribution >= 4 is 17.9 Å². The van der Waals surface area contributed by atoms with Crippen LogP contribution in [0.5, 0.6) is 0 Å². The molecule has 0 unspecified atom stereocenters. The molecule has 8 heteroatoms. The second kappa shape index (κ2) is 10.4. The fourth-order valence-corrected chi connectivity index (χ4v) is 5.44. The van der Waals surface area contributed by atoms with Crippen molar-refractivity contribution in [2.75, 3.05) is 0 Å². The van der Waals surface area contributed by atoms with E-state index in [1.807, 2.05) is 18.2 Å². The molecule has 2 spiro atoms. The molecular formula is C29H32O8. The van der Waals surface area contributed by atoms with E-state index in [1.54, 1.807) is 12.2 Å². The van der Waals surface area contributed by atoms with Crippen LogP contribution in [-0.2, 0) is 33.3 Å². The zero-order chi connectivity index (χ0) is 25.9. The number of aliphatic hydroxyl groups is 1. The van der Waals surface area contributed by atoms with Crippen molar-refractivity contribution in [3.63, 3.8) is 0 Å². The molecule has 0 radical (unpaired) electrons. The molecule has 1 saturated heterocycles. The molecule has 2 saturated carbocycles. The normalized spacial score (nSPS) is 25.5. The predicted molar refractivity (Wildman–Crippen MR) is 132 cm³/mol. The molecule has 0 aromatic carbocycles. The Bertz CT molecular complexity index is 1130. The van der Waals surface area contributed by atoms with Gasteiger partial charge in [0.2, 0.25) is 0 Å². The first-order chi connectivity index (χ1) is 17.9. The van der Waals surface area contributed by atoms with Crippen LogP contribution < -0.4 is 0 Å². The Kier molecular flexibility index (Phi) is 7.09. The van der Waals surface area contributed by atoms with E-state index in [0.29, 0.717) is 31.3 Å². The molecule has 0 aromatic rings. The molecule has 0 amide bonds. The maximum atomic E-state index is 12.8. The summed E-state index contributed by atoms with van der Waals surface area (Å²) in [5, 5.41) is 10.5. The lowest BCUT2D eigenvalue weighted by Gasteiger charge is -2.38. The first-order valence-corrected chi connectivity index (χ1v) is 13.2. The lowest BCUT2D eigenvalue weighted by atomic mass is 9.92. The van der Waals surface area contributed by atoms with Gasteiger partial charge in [0.05, 0.1) is 0 Å². The Morgan fingerprint density at radius 1 is 0.811 bits per heavy atom. The van der Waals surface area contributed by atoms with Crippen LogP contribution in [0.4, 0.5) is 0 Å². The summed E-state index contributed by atoms with van der Waals surface area (Å²) in [6.07, 6.45) is 21.1. The van der Waals surface area contributed by atoms with E-state index >= 15 is 0 Å². The van der Waals surface area contributed by atoms with Gasteiger partial charge in [-0.2, -0.15) is 0 Å². The molecule has 0 atom stereocenters. The van der Waals surface area contributed by atoms with E-state index < -0.39 is 35.4 Å². The van der Waals surface area contributed by atoms with Gasteiger partial charge in [-0.25, -0.2) is 14.4 Å². The average molecular weight is 509 g/mol. The van der Waals surface area contributed by atoms with Gasteiger partial charge in [-0.3, -0.25) is 0 Å². The van der Waals surface area contributed by atoms with E-state index in [0.717, 1.165) is 56.9 Å². The standard InChI is InChI=1S/C29H32O8/c30-24-22(25(31)35-28(34-24)16-6-2-7-17-28)14-12-21(20-10-4-1-5-11-20)13-15-23-26(32)36-29(37-27(23)33)18-8-3-9-19-29/h1,4,10,12-15,30H,2-3,5-9,11,16-19H2/b14-12+,21-13-. The highest BCUT2D eigenvalue weighted by Gasteiger charge is 2.47. The predicted octanol–water partition coefficient (Wildman–Crippen LogP) is 5.44. The first-order valence-electron chi connectivity index (χ1n) is 13.2. The largest absolute Gasteiger partial charge is 0.480 e. The number of aliphatic hydroxyl groups excluding tert-OH is 1. The third kappa shape index (κ3) is 5.43. The summed E-state index contributed by atoms with van der Waals surface area (Å²) in [5.41, 5.74) is 1.32. The van der Waals surface area contributed by atoms with Crippen LogP contribution in [0.3, 0.4) is 0 Å². The number of esters is 3. The zero-order valence-electron chi connectivity index (χ0n) is 20.8. The van der Waals surface area contributed by atoms with E-state index in [1.165, 1.54) is 12.2 Å². The molecule has 3 fully saturated rings. The van der Waals surface area contributed by atoms with Crippen molar-refractivity contribution in [2.45, 2.75) is 88.6 Å². The maximum Gasteiger partial charge on any atom is 0.348 e. The molecule has 2 heterocycles. The molecule has 1 N–H and O–H groups in total. The topological polar surface area (TPSA) is 108 Å². The van der Waals surface area contributed by atoms with E-state index in [4.69, 9.17) is 18.9 Å². The number of carbonyl (C=O) groups is 3. The van der Waals surface area contributed by atoms with Gasteiger partial charge in [0, 0.05) is 25.7 Å².